The van der Waals surface area contributed by atoms with E-state index in [0.29, 0.717) is 12.2 Å². The zero-order chi connectivity index (χ0) is 23.0. The Balaban J connectivity index is 1.52. The van der Waals surface area contributed by atoms with Crippen LogP contribution in [0.25, 0.3) is 11.1 Å². The number of ether oxygens (including phenoxy) is 1. The largest absolute Gasteiger partial charge is 0.478 e. The SMILES string of the molecule is Cc1ccccc1-c1cc(COC(CCC2CCCCC2)c2ccnnc2)ccc1C(=O)O. The molecule has 1 aliphatic rings. The summed E-state index contributed by atoms with van der Waals surface area (Å²) in [5.41, 5.74) is 5.02. The van der Waals surface area contributed by atoms with E-state index < -0.39 is 5.97 Å². The minimum Gasteiger partial charge on any atom is -0.478 e. The summed E-state index contributed by atoms with van der Waals surface area (Å²) < 4.78 is 6.41. The van der Waals surface area contributed by atoms with Crippen molar-refractivity contribution in [1.82, 2.24) is 10.2 Å². The second-order valence-corrected chi connectivity index (χ2v) is 9.06. The monoisotopic (exact) mass is 444 g/mol. The van der Waals surface area contributed by atoms with Crippen LogP contribution in [0.5, 0.6) is 0 Å². The molecular formula is C28H32N2O3. The number of aryl methyl sites for hydroxylation is 1. The molecule has 1 saturated carbocycles. The molecule has 0 amide bonds. The van der Waals surface area contributed by atoms with Crippen LogP contribution in [0.2, 0.25) is 0 Å². The van der Waals surface area contributed by atoms with Crippen LogP contribution in [0, 0.1) is 12.8 Å². The number of carboxylic acid groups (broad SMARTS) is 1. The molecule has 5 nitrogen and oxygen atoms in total. The first-order valence-electron chi connectivity index (χ1n) is 11.9. The van der Waals surface area contributed by atoms with Crippen molar-refractivity contribution in [2.45, 2.75) is 64.6 Å². The number of carbonyl (C=O) groups is 1. The lowest BCUT2D eigenvalue weighted by Crippen LogP contribution is -2.11. The van der Waals surface area contributed by atoms with Gasteiger partial charge in [-0.2, -0.15) is 10.2 Å². The summed E-state index contributed by atoms with van der Waals surface area (Å²) in [6, 6.07) is 15.3. The molecule has 0 aliphatic heterocycles. The first-order valence-corrected chi connectivity index (χ1v) is 11.9. The van der Waals surface area contributed by atoms with Crippen molar-refractivity contribution in [2.24, 2.45) is 5.92 Å². The van der Waals surface area contributed by atoms with Crippen molar-refractivity contribution < 1.29 is 14.6 Å². The van der Waals surface area contributed by atoms with Crippen molar-refractivity contribution in [2.75, 3.05) is 0 Å². The van der Waals surface area contributed by atoms with Crippen molar-refractivity contribution in [3.05, 3.63) is 83.2 Å². The molecule has 0 saturated heterocycles. The summed E-state index contributed by atoms with van der Waals surface area (Å²) in [5.74, 6) is -0.143. The molecule has 1 aromatic heterocycles. The Labute approximate surface area is 195 Å². The summed E-state index contributed by atoms with van der Waals surface area (Å²) in [6.07, 6.45) is 12.2. The number of nitrogens with zero attached hydrogens (tertiary/aromatic N) is 2. The summed E-state index contributed by atoms with van der Waals surface area (Å²) in [4.78, 5) is 11.9. The molecule has 3 aromatic rings. The molecule has 1 fully saturated rings. The van der Waals surface area contributed by atoms with E-state index in [-0.39, 0.29) is 6.10 Å². The van der Waals surface area contributed by atoms with Crippen LogP contribution in [0.3, 0.4) is 0 Å². The molecule has 2 aromatic carbocycles. The highest BCUT2D eigenvalue weighted by atomic mass is 16.5. The number of carboxylic acids is 1. The molecule has 1 N–H and O–H groups in total. The van der Waals surface area contributed by atoms with Gasteiger partial charge >= 0.3 is 5.97 Å². The van der Waals surface area contributed by atoms with Gasteiger partial charge in [-0.25, -0.2) is 4.79 Å². The third-order valence-corrected chi connectivity index (χ3v) is 6.74. The van der Waals surface area contributed by atoms with Crippen molar-refractivity contribution >= 4 is 5.97 Å². The highest BCUT2D eigenvalue weighted by molar-refractivity contribution is 5.96. The van der Waals surface area contributed by atoms with Gasteiger partial charge in [0.1, 0.15) is 0 Å². The van der Waals surface area contributed by atoms with Gasteiger partial charge in [-0.1, -0.05) is 62.4 Å². The summed E-state index contributed by atoms with van der Waals surface area (Å²) >= 11 is 0. The highest BCUT2D eigenvalue weighted by Gasteiger charge is 2.19. The molecular weight excluding hydrogens is 412 g/mol. The van der Waals surface area contributed by atoms with E-state index in [1.165, 1.54) is 32.1 Å². The van der Waals surface area contributed by atoms with E-state index in [4.69, 9.17) is 4.74 Å². The molecule has 5 heteroatoms. The maximum atomic E-state index is 11.9. The molecule has 1 heterocycles. The average Bonchev–Trinajstić information content (AvgIpc) is 2.85. The standard InChI is InChI=1S/C28H32N2O3/c1-20-7-5-6-10-24(20)26-17-22(11-13-25(26)28(31)32)19-33-27(23-15-16-29-30-18-23)14-12-21-8-3-2-4-9-21/h5-7,10-11,13,15-18,21,27H,2-4,8-9,12,14,19H2,1H3,(H,31,32). The number of hydrogen-bond acceptors (Lipinski definition) is 4. The zero-order valence-electron chi connectivity index (χ0n) is 19.2. The summed E-state index contributed by atoms with van der Waals surface area (Å²) in [6.45, 7) is 2.41. The quantitative estimate of drug-likeness (QED) is 0.394. The van der Waals surface area contributed by atoms with Gasteiger partial charge < -0.3 is 9.84 Å². The number of benzene rings is 2. The van der Waals surface area contributed by atoms with Crippen LogP contribution < -0.4 is 0 Å². The Morgan fingerprint density at radius 3 is 2.61 bits per heavy atom. The van der Waals surface area contributed by atoms with Crippen LogP contribution in [-0.4, -0.2) is 21.3 Å². The molecule has 1 unspecified atom stereocenters. The first kappa shape index (κ1) is 23.1. The average molecular weight is 445 g/mol. The fraction of sp³-hybridized carbons (Fsp3) is 0.393. The molecule has 33 heavy (non-hydrogen) atoms. The normalized spacial score (nSPS) is 15.3. The molecule has 1 aliphatic carbocycles. The first-order chi connectivity index (χ1) is 16.1. The molecule has 0 spiro atoms. The van der Waals surface area contributed by atoms with Gasteiger partial charge in [-0.3, -0.25) is 0 Å². The Hall–Kier alpha value is -3.05. The van der Waals surface area contributed by atoms with E-state index in [1.807, 2.05) is 49.4 Å². The molecule has 172 valence electrons. The third-order valence-electron chi connectivity index (χ3n) is 6.74. The topological polar surface area (TPSA) is 72.3 Å². The summed E-state index contributed by atoms with van der Waals surface area (Å²) in [7, 11) is 0. The van der Waals surface area contributed by atoms with Crippen molar-refractivity contribution in [3.8, 4) is 11.1 Å². The smallest absolute Gasteiger partial charge is 0.336 e. The second-order valence-electron chi connectivity index (χ2n) is 9.06. The van der Waals surface area contributed by atoms with Gasteiger partial charge in [-0.15, -0.1) is 0 Å². The minimum atomic E-state index is -0.922. The maximum absolute atomic E-state index is 11.9. The zero-order valence-corrected chi connectivity index (χ0v) is 19.2. The van der Waals surface area contributed by atoms with E-state index in [2.05, 4.69) is 10.2 Å². The van der Waals surface area contributed by atoms with Crippen molar-refractivity contribution in [3.63, 3.8) is 0 Å². The molecule has 0 bridgehead atoms. The van der Waals surface area contributed by atoms with E-state index in [0.717, 1.165) is 46.6 Å². The van der Waals surface area contributed by atoms with E-state index >= 15 is 0 Å². The fourth-order valence-electron chi connectivity index (χ4n) is 4.86. The number of aromatic nitrogens is 2. The molecule has 4 rings (SSSR count). The molecule has 0 radical (unpaired) electrons. The van der Waals surface area contributed by atoms with Crippen molar-refractivity contribution in [1.29, 1.82) is 0 Å². The van der Waals surface area contributed by atoms with Gasteiger partial charge in [-0.05, 0) is 66.1 Å². The Morgan fingerprint density at radius 2 is 1.88 bits per heavy atom. The van der Waals surface area contributed by atoms with Gasteiger partial charge in [0, 0.05) is 11.8 Å². The minimum absolute atomic E-state index is 0.0523. The Kier molecular flexibility index (Phi) is 7.84. The number of rotatable bonds is 9. The lowest BCUT2D eigenvalue weighted by Gasteiger charge is -2.24. The van der Waals surface area contributed by atoms with Gasteiger partial charge in [0.05, 0.1) is 24.5 Å². The van der Waals surface area contributed by atoms with Crippen LogP contribution in [0.4, 0.5) is 0 Å². The summed E-state index contributed by atoms with van der Waals surface area (Å²) in [5, 5.41) is 17.7. The van der Waals surface area contributed by atoms with E-state index in [1.54, 1.807) is 18.5 Å². The number of aromatic carboxylic acids is 1. The van der Waals surface area contributed by atoms with Crippen LogP contribution in [0.1, 0.15) is 78.1 Å². The highest BCUT2D eigenvalue weighted by Crippen LogP contribution is 2.33. The third kappa shape index (κ3) is 6.05. The lowest BCUT2D eigenvalue weighted by molar-refractivity contribution is 0.0281. The fourth-order valence-corrected chi connectivity index (χ4v) is 4.86. The Bertz CT molecular complexity index is 1060. The lowest BCUT2D eigenvalue weighted by atomic mass is 9.85. The number of hydrogen-bond donors (Lipinski definition) is 1. The van der Waals surface area contributed by atoms with E-state index in [9.17, 15) is 9.90 Å². The molecule has 1 atom stereocenters. The Morgan fingerprint density at radius 1 is 1.06 bits per heavy atom. The maximum Gasteiger partial charge on any atom is 0.336 e. The van der Waals surface area contributed by atoms with Crippen LogP contribution >= 0.6 is 0 Å². The van der Waals surface area contributed by atoms with Gasteiger partial charge in [0.15, 0.2) is 0 Å². The predicted octanol–water partition coefficient (Wildman–Crippen LogP) is 6.77. The van der Waals surface area contributed by atoms with Gasteiger partial charge in [0.25, 0.3) is 0 Å². The van der Waals surface area contributed by atoms with Crippen LogP contribution in [0.15, 0.2) is 60.9 Å². The predicted molar refractivity (Wildman–Crippen MR) is 129 cm³/mol. The van der Waals surface area contributed by atoms with Crippen LogP contribution in [-0.2, 0) is 11.3 Å². The second kappa shape index (κ2) is 11.2. The van der Waals surface area contributed by atoms with Gasteiger partial charge in [0.2, 0.25) is 0 Å².